The molecule has 4 aromatic rings. The second-order valence-electron chi connectivity index (χ2n) is 8.02. The topological polar surface area (TPSA) is 73.6 Å². The molecular weight excluding hydrogens is 496 g/mol. The zero-order valence-electron chi connectivity index (χ0n) is 19.4. The number of benzene rings is 3. The molecular formula is C27H25BrN2O4. The van der Waals surface area contributed by atoms with Crippen molar-refractivity contribution in [1.82, 2.24) is 4.98 Å². The highest BCUT2D eigenvalue weighted by Gasteiger charge is 2.14. The Morgan fingerprint density at radius 2 is 1.79 bits per heavy atom. The van der Waals surface area contributed by atoms with Crippen molar-refractivity contribution in [1.29, 1.82) is 0 Å². The molecule has 0 radical (unpaired) electrons. The van der Waals surface area contributed by atoms with Gasteiger partial charge < -0.3 is 19.2 Å². The third-order valence-corrected chi connectivity index (χ3v) is 5.88. The van der Waals surface area contributed by atoms with Crippen molar-refractivity contribution < 1.29 is 18.7 Å². The maximum Gasteiger partial charge on any atom is 0.248 e. The number of carbonyl (C=O) groups is 1. The predicted octanol–water partition coefficient (Wildman–Crippen LogP) is 7.05. The highest BCUT2D eigenvalue weighted by molar-refractivity contribution is 9.10. The standard InChI is InChI=1S/C27H25BrN2O4/c1-16(2)17-5-10-25-22(14-17)30-27(34-25)19-6-9-24(33-4)21(15-19)29-26(31)12-7-18-13-20(28)8-11-23(18)32-3/h5-16H,1-4H3,(H,29,31)/b12-7+. The summed E-state index contributed by atoms with van der Waals surface area (Å²) in [7, 11) is 3.15. The lowest BCUT2D eigenvalue weighted by Crippen LogP contribution is -2.09. The minimum Gasteiger partial charge on any atom is -0.496 e. The van der Waals surface area contributed by atoms with Crippen molar-refractivity contribution in [2.24, 2.45) is 0 Å². The molecule has 0 fully saturated rings. The lowest BCUT2D eigenvalue weighted by molar-refractivity contribution is -0.111. The van der Waals surface area contributed by atoms with Gasteiger partial charge in [-0.25, -0.2) is 4.98 Å². The molecule has 0 bridgehead atoms. The average molecular weight is 521 g/mol. The number of hydrogen-bond donors (Lipinski definition) is 1. The smallest absolute Gasteiger partial charge is 0.248 e. The van der Waals surface area contributed by atoms with Crippen LogP contribution in [-0.4, -0.2) is 25.1 Å². The molecule has 0 spiro atoms. The number of nitrogens with one attached hydrogen (secondary N) is 1. The molecule has 0 aliphatic carbocycles. The SMILES string of the molecule is COc1ccc(Br)cc1/C=C/C(=O)Nc1cc(-c2nc3cc(C(C)C)ccc3o2)ccc1OC. The number of nitrogens with zero attached hydrogens (tertiary/aromatic N) is 1. The Kier molecular flexibility index (Phi) is 7.03. The van der Waals surface area contributed by atoms with Crippen LogP contribution < -0.4 is 14.8 Å². The van der Waals surface area contributed by atoms with E-state index in [1.165, 1.54) is 11.6 Å². The second-order valence-corrected chi connectivity index (χ2v) is 8.94. The first-order valence-electron chi connectivity index (χ1n) is 10.8. The largest absolute Gasteiger partial charge is 0.496 e. The number of halogens is 1. The zero-order chi connectivity index (χ0) is 24.2. The molecule has 1 N–H and O–H groups in total. The molecule has 0 atom stereocenters. The fourth-order valence-corrected chi connectivity index (χ4v) is 3.92. The van der Waals surface area contributed by atoms with Gasteiger partial charge in [0.1, 0.15) is 17.0 Å². The summed E-state index contributed by atoms with van der Waals surface area (Å²) in [5, 5.41) is 2.88. The summed E-state index contributed by atoms with van der Waals surface area (Å²) in [5.74, 6) is 1.77. The van der Waals surface area contributed by atoms with Gasteiger partial charge in [-0.05, 0) is 66.1 Å². The van der Waals surface area contributed by atoms with Crippen LogP contribution in [0, 0.1) is 0 Å². The quantitative estimate of drug-likeness (QED) is 0.264. The van der Waals surface area contributed by atoms with Gasteiger partial charge in [-0.2, -0.15) is 0 Å². The van der Waals surface area contributed by atoms with Gasteiger partial charge in [-0.3, -0.25) is 4.79 Å². The normalized spacial score (nSPS) is 11.4. The van der Waals surface area contributed by atoms with Gasteiger partial charge in [0.05, 0.1) is 19.9 Å². The maximum atomic E-state index is 12.7. The van der Waals surface area contributed by atoms with E-state index in [1.807, 2.05) is 42.5 Å². The van der Waals surface area contributed by atoms with Crippen molar-refractivity contribution >= 4 is 44.7 Å². The first kappa shape index (κ1) is 23.6. The number of hydrogen-bond acceptors (Lipinski definition) is 5. The molecule has 0 aliphatic heterocycles. The molecule has 174 valence electrons. The van der Waals surface area contributed by atoms with Crippen LogP contribution in [0.4, 0.5) is 5.69 Å². The summed E-state index contributed by atoms with van der Waals surface area (Å²) in [6.45, 7) is 4.28. The van der Waals surface area contributed by atoms with Crippen LogP contribution in [-0.2, 0) is 4.79 Å². The molecule has 4 rings (SSSR count). The van der Waals surface area contributed by atoms with Gasteiger partial charge in [-0.1, -0.05) is 35.8 Å². The predicted molar refractivity (Wildman–Crippen MR) is 138 cm³/mol. The van der Waals surface area contributed by atoms with E-state index in [2.05, 4.69) is 40.1 Å². The van der Waals surface area contributed by atoms with Crippen molar-refractivity contribution in [3.63, 3.8) is 0 Å². The van der Waals surface area contributed by atoms with Crippen molar-refractivity contribution in [3.05, 3.63) is 76.3 Å². The number of amides is 1. The molecule has 34 heavy (non-hydrogen) atoms. The Morgan fingerprint density at radius 1 is 1.03 bits per heavy atom. The fourth-order valence-electron chi connectivity index (χ4n) is 3.54. The van der Waals surface area contributed by atoms with E-state index >= 15 is 0 Å². The number of aromatic nitrogens is 1. The van der Waals surface area contributed by atoms with Crippen LogP contribution in [0.1, 0.15) is 30.9 Å². The van der Waals surface area contributed by atoms with E-state index < -0.39 is 0 Å². The number of carbonyl (C=O) groups excluding carboxylic acids is 1. The number of ether oxygens (including phenoxy) is 2. The lowest BCUT2D eigenvalue weighted by atomic mass is 10.0. The van der Waals surface area contributed by atoms with Gasteiger partial charge >= 0.3 is 0 Å². The van der Waals surface area contributed by atoms with Crippen molar-refractivity contribution in [2.75, 3.05) is 19.5 Å². The van der Waals surface area contributed by atoms with Crippen LogP contribution in [0.15, 0.2) is 69.6 Å². The summed E-state index contributed by atoms with van der Waals surface area (Å²) in [6, 6.07) is 17.0. The van der Waals surface area contributed by atoms with Crippen molar-refractivity contribution in [2.45, 2.75) is 19.8 Å². The van der Waals surface area contributed by atoms with Crippen LogP contribution in [0.25, 0.3) is 28.6 Å². The fraction of sp³-hybridized carbons (Fsp3) is 0.185. The molecule has 1 aromatic heterocycles. The van der Waals surface area contributed by atoms with Crippen LogP contribution in [0.5, 0.6) is 11.5 Å². The van der Waals surface area contributed by atoms with E-state index in [9.17, 15) is 4.79 Å². The minimum absolute atomic E-state index is 0.309. The molecule has 0 saturated carbocycles. The number of methoxy groups -OCH3 is 2. The number of anilines is 1. The van der Waals surface area contributed by atoms with Gasteiger partial charge in [0, 0.05) is 21.7 Å². The van der Waals surface area contributed by atoms with Gasteiger partial charge in [0.15, 0.2) is 5.58 Å². The van der Waals surface area contributed by atoms with Gasteiger partial charge in [0.25, 0.3) is 0 Å². The molecule has 3 aromatic carbocycles. The van der Waals surface area contributed by atoms with E-state index in [-0.39, 0.29) is 5.91 Å². The summed E-state index contributed by atoms with van der Waals surface area (Å²) in [5.41, 5.74) is 4.74. The van der Waals surface area contributed by atoms with E-state index in [0.717, 1.165) is 21.1 Å². The minimum atomic E-state index is -0.309. The lowest BCUT2D eigenvalue weighted by Gasteiger charge is -2.10. The molecule has 1 heterocycles. The maximum absolute atomic E-state index is 12.7. The highest BCUT2D eigenvalue weighted by Crippen LogP contribution is 2.33. The van der Waals surface area contributed by atoms with E-state index in [4.69, 9.17) is 13.9 Å². The van der Waals surface area contributed by atoms with Crippen LogP contribution >= 0.6 is 15.9 Å². The third-order valence-electron chi connectivity index (χ3n) is 5.39. The van der Waals surface area contributed by atoms with Crippen LogP contribution in [0.3, 0.4) is 0 Å². The Morgan fingerprint density at radius 3 is 2.53 bits per heavy atom. The van der Waals surface area contributed by atoms with Gasteiger partial charge in [0.2, 0.25) is 11.8 Å². The van der Waals surface area contributed by atoms with E-state index in [0.29, 0.717) is 34.6 Å². The average Bonchev–Trinajstić information content (AvgIpc) is 3.26. The Hall–Kier alpha value is -3.58. The highest BCUT2D eigenvalue weighted by atomic mass is 79.9. The molecule has 0 saturated heterocycles. The van der Waals surface area contributed by atoms with Crippen molar-refractivity contribution in [3.8, 4) is 23.0 Å². The molecule has 1 amide bonds. The summed E-state index contributed by atoms with van der Waals surface area (Å²) >= 11 is 3.44. The summed E-state index contributed by atoms with van der Waals surface area (Å²) < 4.78 is 17.7. The molecule has 7 heteroatoms. The summed E-state index contributed by atoms with van der Waals surface area (Å²) in [6.07, 6.45) is 3.14. The number of rotatable bonds is 7. The molecule has 6 nitrogen and oxygen atoms in total. The second kappa shape index (κ2) is 10.1. The van der Waals surface area contributed by atoms with Crippen LogP contribution in [0.2, 0.25) is 0 Å². The first-order chi connectivity index (χ1) is 16.4. The Balaban J connectivity index is 1.60. The van der Waals surface area contributed by atoms with E-state index in [1.54, 1.807) is 32.4 Å². The molecule has 0 aliphatic rings. The number of fused-ring (bicyclic) bond motifs is 1. The Bertz CT molecular complexity index is 1370. The third kappa shape index (κ3) is 5.15. The first-order valence-corrected chi connectivity index (χ1v) is 11.6. The monoisotopic (exact) mass is 520 g/mol. The summed E-state index contributed by atoms with van der Waals surface area (Å²) in [4.78, 5) is 17.3. The zero-order valence-corrected chi connectivity index (χ0v) is 21.0. The molecule has 0 unspecified atom stereocenters. The van der Waals surface area contributed by atoms with Gasteiger partial charge in [-0.15, -0.1) is 0 Å². The number of oxazole rings is 1. The Labute approximate surface area is 206 Å².